The number of hydrogen-bond acceptors (Lipinski definition) is 6. The molecule has 2 aliphatic carbocycles. The van der Waals surface area contributed by atoms with E-state index in [1.165, 1.54) is 24.2 Å². The van der Waals surface area contributed by atoms with E-state index in [1.807, 2.05) is 0 Å². The molecule has 13 heteroatoms. The molecule has 0 radical (unpaired) electrons. The first-order valence-corrected chi connectivity index (χ1v) is 11.7. The van der Waals surface area contributed by atoms with Crippen molar-refractivity contribution in [2.24, 2.45) is 11.8 Å². The molecule has 4 rings (SSSR count). The summed E-state index contributed by atoms with van der Waals surface area (Å²) >= 11 is 5.63. The number of hydrogen-bond donors (Lipinski definition) is 3. The summed E-state index contributed by atoms with van der Waals surface area (Å²) in [4.78, 5) is 24.8. The Labute approximate surface area is 204 Å². The predicted octanol–water partition coefficient (Wildman–Crippen LogP) is 2.37. The molecule has 194 valence electrons. The third-order valence-electron chi connectivity index (χ3n) is 6.91. The molecule has 3 N–H and O–H groups in total. The van der Waals surface area contributed by atoms with Crippen LogP contribution in [0.25, 0.3) is 0 Å². The molecule has 5 unspecified atom stereocenters. The molecule has 2 amide bonds. The van der Waals surface area contributed by atoms with E-state index in [1.54, 1.807) is 0 Å². The summed E-state index contributed by atoms with van der Waals surface area (Å²) < 4.78 is 62.9. The zero-order chi connectivity index (χ0) is 25.3. The maximum Gasteiger partial charge on any atom is 0.405 e. The van der Waals surface area contributed by atoms with Gasteiger partial charge >= 0.3 is 6.18 Å². The number of ether oxygens (including phenoxy) is 2. The number of carbonyl (C=O) groups is 2. The average Bonchev–Trinajstić information content (AvgIpc) is 3.23. The van der Waals surface area contributed by atoms with Crippen LogP contribution in [0.4, 0.5) is 17.6 Å². The lowest BCUT2D eigenvalue weighted by Gasteiger charge is -2.36. The van der Waals surface area contributed by atoms with Gasteiger partial charge in [0.1, 0.15) is 30.4 Å². The fraction of sp³-hybridized carbons (Fsp3) is 0.636. The highest BCUT2D eigenvalue weighted by molar-refractivity contribution is 6.30. The summed E-state index contributed by atoms with van der Waals surface area (Å²) in [5.74, 6) is -0.801. The summed E-state index contributed by atoms with van der Waals surface area (Å²) in [5, 5.41) is 7.00. The number of benzene rings is 1. The first kappa shape index (κ1) is 25.9. The molecule has 0 bridgehead atoms. The first-order chi connectivity index (χ1) is 16.5. The Hall–Kier alpha value is -2.15. The molecule has 3 aliphatic rings. The van der Waals surface area contributed by atoms with Gasteiger partial charge in [-0.1, -0.05) is 11.6 Å². The summed E-state index contributed by atoms with van der Waals surface area (Å²) in [7, 11) is 1.44. The SMILES string of the molecule is CN1NC(C(F)(F)F)CC1OCC(=O)NC1C[C@H](NC(=O)COc2ccc(Cl)c(F)c2)C2CCC12. The molecule has 0 spiro atoms. The minimum absolute atomic E-state index is 0.0419. The van der Waals surface area contributed by atoms with Crippen molar-refractivity contribution in [3.63, 3.8) is 0 Å². The van der Waals surface area contributed by atoms with Crippen molar-refractivity contribution in [2.45, 2.75) is 56.2 Å². The van der Waals surface area contributed by atoms with Crippen LogP contribution in [0.15, 0.2) is 18.2 Å². The summed E-state index contributed by atoms with van der Waals surface area (Å²) in [5.41, 5.74) is 2.29. The second-order valence-electron chi connectivity index (χ2n) is 9.19. The summed E-state index contributed by atoms with van der Waals surface area (Å²) in [6, 6.07) is 1.89. The van der Waals surface area contributed by atoms with Gasteiger partial charge in [0.05, 0.1) is 5.02 Å². The van der Waals surface area contributed by atoms with Gasteiger partial charge in [-0.15, -0.1) is 0 Å². The molecule has 1 aromatic carbocycles. The average molecular weight is 523 g/mol. The molecule has 2 saturated carbocycles. The van der Waals surface area contributed by atoms with Gasteiger partial charge in [-0.3, -0.25) is 9.59 Å². The molecule has 8 nitrogen and oxygen atoms in total. The zero-order valence-electron chi connectivity index (χ0n) is 18.9. The van der Waals surface area contributed by atoms with Gasteiger partial charge in [0.25, 0.3) is 5.91 Å². The second kappa shape index (κ2) is 10.5. The molecule has 3 fully saturated rings. The summed E-state index contributed by atoms with van der Waals surface area (Å²) in [6.45, 7) is -0.653. The van der Waals surface area contributed by atoms with Gasteiger partial charge in [0.15, 0.2) is 6.61 Å². The number of nitrogens with one attached hydrogen (secondary N) is 3. The fourth-order valence-electron chi connectivity index (χ4n) is 5.02. The minimum Gasteiger partial charge on any atom is -0.484 e. The Bertz CT molecular complexity index is 953. The van der Waals surface area contributed by atoms with E-state index < -0.39 is 30.2 Å². The Kier molecular flexibility index (Phi) is 7.74. The van der Waals surface area contributed by atoms with E-state index in [9.17, 15) is 27.2 Å². The Morgan fingerprint density at radius 1 is 1.11 bits per heavy atom. The van der Waals surface area contributed by atoms with Gasteiger partial charge < -0.3 is 20.1 Å². The van der Waals surface area contributed by atoms with Crippen molar-refractivity contribution in [1.82, 2.24) is 21.1 Å². The van der Waals surface area contributed by atoms with Crippen molar-refractivity contribution >= 4 is 23.4 Å². The van der Waals surface area contributed by atoms with Gasteiger partial charge in [-0.25, -0.2) is 14.8 Å². The molecule has 6 atom stereocenters. The number of hydrazine groups is 1. The van der Waals surface area contributed by atoms with E-state index in [0.29, 0.717) is 6.42 Å². The van der Waals surface area contributed by atoms with Gasteiger partial charge in [-0.2, -0.15) is 13.2 Å². The van der Waals surface area contributed by atoms with E-state index in [2.05, 4.69) is 16.1 Å². The van der Waals surface area contributed by atoms with Crippen LogP contribution in [0, 0.1) is 17.7 Å². The highest BCUT2D eigenvalue weighted by Crippen LogP contribution is 2.47. The maximum absolute atomic E-state index is 13.5. The highest BCUT2D eigenvalue weighted by Gasteiger charge is 2.50. The monoisotopic (exact) mass is 522 g/mol. The van der Waals surface area contributed by atoms with E-state index in [0.717, 1.165) is 18.9 Å². The van der Waals surface area contributed by atoms with Crippen molar-refractivity contribution in [3.8, 4) is 5.75 Å². The lowest BCUT2D eigenvalue weighted by atomic mass is 9.73. The van der Waals surface area contributed by atoms with Gasteiger partial charge in [-0.05, 0) is 43.2 Å². The number of carbonyl (C=O) groups excluding carboxylic acids is 2. The normalized spacial score (nSPS) is 30.5. The quantitative estimate of drug-likeness (QED) is 0.454. The highest BCUT2D eigenvalue weighted by atomic mass is 35.5. The smallest absolute Gasteiger partial charge is 0.405 e. The van der Waals surface area contributed by atoms with Crippen LogP contribution in [0.1, 0.15) is 25.7 Å². The number of halogens is 5. The maximum atomic E-state index is 13.5. The predicted molar refractivity (Wildman–Crippen MR) is 117 cm³/mol. The van der Waals surface area contributed by atoms with Crippen LogP contribution < -0.4 is 20.8 Å². The Balaban J connectivity index is 1.21. The molecular weight excluding hydrogens is 496 g/mol. The van der Waals surface area contributed by atoms with Gasteiger partial charge in [0, 0.05) is 31.6 Å². The molecule has 1 aromatic rings. The largest absolute Gasteiger partial charge is 0.484 e. The number of nitrogens with zero attached hydrogens (tertiary/aromatic N) is 1. The van der Waals surface area contributed by atoms with E-state index >= 15 is 0 Å². The van der Waals surface area contributed by atoms with Crippen LogP contribution in [0.3, 0.4) is 0 Å². The first-order valence-electron chi connectivity index (χ1n) is 11.3. The van der Waals surface area contributed by atoms with E-state index in [4.69, 9.17) is 21.1 Å². The van der Waals surface area contributed by atoms with Crippen LogP contribution in [-0.2, 0) is 14.3 Å². The number of fused-ring (bicyclic) bond motifs is 1. The van der Waals surface area contributed by atoms with Crippen molar-refractivity contribution in [3.05, 3.63) is 29.0 Å². The molecule has 1 saturated heterocycles. The molecule has 35 heavy (non-hydrogen) atoms. The molecular formula is C22H27ClF4N4O4. The van der Waals surface area contributed by atoms with Crippen LogP contribution >= 0.6 is 11.6 Å². The third kappa shape index (κ3) is 6.16. The van der Waals surface area contributed by atoms with Crippen molar-refractivity contribution < 1.29 is 36.6 Å². The van der Waals surface area contributed by atoms with Crippen LogP contribution in [-0.4, -0.2) is 67.6 Å². The van der Waals surface area contributed by atoms with Crippen LogP contribution in [0.5, 0.6) is 5.75 Å². The minimum atomic E-state index is -4.40. The van der Waals surface area contributed by atoms with Crippen molar-refractivity contribution in [2.75, 3.05) is 20.3 Å². The molecule has 1 heterocycles. The number of alkyl halides is 3. The third-order valence-corrected chi connectivity index (χ3v) is 7.22. The zero-order valence-corrected chi connectivity index (χ0v) is 19.7. The van der Waals surface area contributed by atoms with Crippen molar-refractivity contribution in [1.29, 1.82) is 0 Å². The second-order valence-corrected chi connectivity index (χ2v) is 9.60. The number of amides is 2. The van der Waals surface area contributed by atoms with Gasteiger partial charge in [0.2, 0.25) is 5.91 Å². The topological polar surface area (TPSA) is 91.9 Å². The lowest BCUT2D eigenvalue weighted by Crippen LogP contribution is -2.45. The molecule has 1 aliphatic heterocycles. The fourth-order valence-corrected chi connectivity index (χ4v) is 5.14. The Morgan fingerprint density at radius 2 is 1.74 bits per heavy atom. The Morgan fingerprint density at radius 3 is 2.29 bits per heavy atom. The van der Waals surface area contributed by atoms with Crippen LogP contribution in [0.2, 0.25) is 5.02 Å². The standard InChI is InChI=1S/C22H27ClF4N4O4/c1-31-21(8-18(30-31)22(25,26)27)35-10-20(33)29-17-7-16(12-3-4-13(12)17)28-19(32)9-34-11-2-5-14(23)15(24)6-11/h2,5-6,12-13,16-18,21,30H,3-4,7-10H2,1H3,(H,28,32)(H,29,33)/t12?,13?,16-,17?,18?,21?/m0/s1. The van der Waals surface area contributed by atoms with E-state index in [-0.39, 0.29) is 60.2 Å². The lowest BCUT2D eigenvalue weighted by molar-refractivity contribution is -0.156. The number of rotatable bonds is 8. The molecule has 0 aromatic heterocycles. The summed E-state index contributed by atoms with van der Waals surface area (Å²) in [6.07, 6.45) is -3.21.